The number of hydrogen-bond donors (Lipinski definition) is 1. The summed E-state index contributed by atoms with van der Waals surface area (Å²) >= 11 is 5.83. The van der Waals surface area contributed by atoms with Gasteiger partial charge in [0.05, 0.1) is 0 Å². The summed E-state index contributed by atoms with van der Waals surface area (Å²) in [6.45, 7) is 7.83. The first-order chi connectivity index (χ1) is 10.1. The number of halogens is 1. The Labute approximate surface area is 128 Å². The predicted molar refractivity (Wildman–Crippen MR) is 83.5 cm³/mol. The smallest absolute Gasteiger partial charge is 0.266 e. The van der Waals surface area contributed by atoms with Gasteiger partial charge in [-0.1, -0.05) is 23.8 Å². The number of carbonyl (C=O) groups excluding carboxylic acids is 1. The van der Waals surface area contributed by atoms with E-state index >= 15 is 0 Å². The lowest BCUT2D eigenvalue weighted by molar-refractivity contribution is -0.125. The molecule has 0 aliphatic heterocycles. The van der Waals surface area contributed by atoms with Crippen LogP contribution < -0.4 is 5.32 Å². The summed E-state index contributed by atoms with van der Waals surface area (Å²) in [7, 11) is 0. The van der Waals surface area contributed by atoms with Crippen molar-refractivity contribution in [1.29, 1.82) is 5.26 Å². The lowest BCUT2D eigenvalue weighted by Crippen LogP contribution is -2.32. The highest BCUT2D eigenvalue weighted by Crippen LogP contribution is 2.12. The third-order valence-corrected chi connectivity index (χ3v) is 2.66. The molecule has 108 valence electrons. The van der Waals surface area contributed by atoms with E-state index < -0.39 is 5.91 Å². The molecule has 0 aliphatic carbocycles. The van der Waals surface area contributed by atoms with Gasteiger partial charge in [0, 0.05) is 30.5 Å². The number of nitrogens with one attached hydrogen (secondary N) is 1. The van der Waals surface area contributed by atoms with Crippen molar-refractivity contribution in [3.63, 3.8) is 0 Å². The zero-order chi connectivity index (χ0) is 15.7. The van der Waals surface area contributed by atoms with Gasteiger partial charge < -0.3 is 10.2 Å². The third-order valence-electron chi connectivity index (χ3n) is 2.42. The fourth-order valence-corrected chi connectivity index (χ4v) is 1.65. The maximum atomic E-state index is 12.2. The van der Waals surface area contributed by atoms with E-state index in [2.05, 4.69) is 23.5 Å². The molecule has 1 rings (SSSR count). The van der Waals surface area contributed by atoms with Gasteiger partial charge in [-0.3, -0.25) is 4.79 Å². The van der Waals surface area contributed by atoms with Crippen LogP contribution in [-0.2, 0) is 4.79 Å². The van der Waals surface area contributed by atoms with Crippen molar-refractivity contribution in [2.45, 2.75) is 0 Å². The number of rotatable bonds is 7. The van der Waals surface area contributed by atoms with Gasteiger partial charge in [0.1, 0.15) is 17.5 Å². The SMILES string of the molecule is C=CCN(CC=C)C(=O)/C(C#N)=C\Nc1cc(Cl)ccn1. The van der Waals surface area contributed by atoms with Gasteiger partial charge in [-0.15, -0.1) is 13.2 Å². The number of nitriles is 1. The topological polar surface area (TPSA) is 69.0 Å². The van der Waals surface area contributed by atoms with Gasteiger partial charge in [0.15, 0.2) is 0 Å². The van der Waals surface area contributed by atoms with Crippen molar-refractivity contribution in [3.05, 3.63) is 60.4 Å². The Bertz CT molecular complexity index is 594. The molecule has 0 aliphatic rings. The fraction of sp³-hybridized carbons (Fsp3) is 0.133. The van der Waals surface area contributed by atoms with Crippen molar-refractivity contribution < 1.29 is 4.79 Å². The molecule has 0 unspecified atom stereocenters. The lowest BCUT2D eigenvalue weighted by atomic mass is 10.2. The summed E-state index contributed by atoms with van der Waals surface area (Å²) < 4.78 is 0. The summed E-state index contributed by atoms with van der Waals surface area (Å²) in [4.78, 5) is 17.7. The first kappa shape index (κ1) is 16.5. The van der Waals surface area contributed by atoms with Gasteiger partial charge in [0.25, 0.3) is 5.91 Å². The summed E-state index contributed by atoms with van der Waals surface area (Å²) in [5.74, 6) is 0.0360. The van der Waals surface area contributed by atoms with E-state index in [-0.39, 0.29) is 5.57 Å². The summed E-state index contributed by atoms with van der Waals surface area (Å²) in [5, 5.41) is 12.4. The Morgan fingerprint density at radius 2 is 2.14 bits per heavy atom. The summed E-state index contributed by atoms with van der Waals surface area (Å²) in [6, 6.07) is 5.08. The van der Waals surface area contributed by atoms with E-state index in [1.54, 1.807) is 24.3 Å². The highest BCUT2D eigenvalue weighted by atomic mass is 35.5. The van der Waals surface area contributed by atoms with Gasteiger partial charge in [-0.05, 0) is 12.1 Å². The molecule has 0 spiro atoms. The molecule has 5 nitrogen and oxygen atoms in total. The second kappa shape index (κ2) is 8.56. The minimum absolute atomic E-state index is 0.0412. The highest BCUT2D eigenvalue weighted by molar-refractivity contribution is 6.30. The van der Waals surface area contributed by atoms with Crippen LogP contribution >= 0.6 is 11.6 Å². The standard InChI is InChI=1S/C15H15ClN4O/c1-3-7-20(8-4-2)15(21)12(10-17)11-19-14-9-13(16)5-6-18-14/h3-6,9,11H,1-2,7-8H2,(H,18,19)/b12-11-. The Morgan fingerprint density at radius 1 is 1.48 bits per heavy atom. The van der Waals surface area contributed by atoms with E-state index in [1.807, 2.05) is 6.07 Å². The number of pyridine rings is 1. The van der Waals surface area contributed by atoms with Crippen LogP contribution in [0, 0.1) is 11.3 Å². The molecule has 0 bridgehead atoms. The van der Waals surface area contributed by atoms with Gasteiger partial charge >= 0.3 is 0 Å². The number of hydrogen-bond acceptors (Lipinski definition) is 4. The first-order valence-electron chi connectivity index (χ1n) is 6.11. The average Bonchev–Trinajstić information content (AvgIpc) is 2.47. The maximum Gasteiger partial charge on any atom is 0.266 e. The van der Waals surface area contributed by atoms with E-state index in [9.17, 15) is 4.79 Å². The molecule has 0 aromatic carbocycles. The molecule has 0 radical (unpaired) electrons. The molecule has 21 heavy (non-hydrogen) atoms. The molecular formula is C15H15ClN4O. The minimum atomic E-state index is -0.410. The van der Waals surface area contributed by atoms with E-state index in [4.69, 9.17) is 16.9 Å². The zero-order valence-corrected chi connectivity index (χ0v) is 12.2. The number of nitrogens with zero attached hydrogens (tertiary/aromatic N) is 3. The molecule has 1 heterocycles. The molecule has 0 saturated carbocycles. The molecule has 1 aromatic rings. The van der Waals surface area contributed by atoms with Crippen LogP contribution in [0.2, 0.25) is 5.02 Å². The fourth-order valence-electron chi connectivity index (χ4n) is 1.49. The van der Waals surface area contributed by atoms with Crippen LogP contribution in [0.3, 0.4) is 0 Å². The van der Waals surface area contributed by atoms with E-state index in [0.717, 1.165) is 0 Å². The molecule has 0 saturated heterocycles. The number of anilines is 1. The summed E-state index contributed by atoms with van der Waals surface area (Å²) in [5.41, 5.74) is -0.0412. The summed E-state index contributed by atoms with van der Waals surface area (Å²) in [6.07, 6.45) is 6.00. The van der Waals surface area contributed by atoms with Gasteiger partial charge in [-0.2, -0.15) is 5.26 Å². The normalized spacial score (nSPS) is 10.4. The molecule has 1 N–H and O–H groups in total. The number of carbonyl (C=O) groups is 1. The zero-order valence-electron chi connectivity index (χ0n) is 11.4. The van der Waals surface area contributed by atoms with Crippen LogP contribution in [0.25, 0.3) is 0 Å². The average molecular weight is 303 g/mol. The van der Waals surface area contributed by atoms with Crippen molar-refractivity contribution in [3.8, 4) is 6.07 Å². The van der Waals surface area contributed by atoms with Crippen LogP contribution in [0.1, 0.15) is 0 Å². The van der Waals surface area contributed by atoms with Crippen LogP contribution in [0.5, 0.6) is 0 Å². The number of aromatic nitrogens is 1. The van der Waals surface area contributed by atoms with Gasteiger partial charge in [-0.25, -0.2) is 4.98 Å². The molecule has 0 atom stereocenters. The van der Waals surface area contributed by atoms with Gasteiger partial charge in [0.2, 0.25) is 0 Å². The van der Waals surface area contributed by atoms with Crippen molar-refractivity contribution in [2.75, 3.05) is 18.4 Å². The second-order valence-electron chi connectivity index (χ2n) is 3.96. The highest BCUT2D eigenvalue weighted by Gasteiger charge is 2.16. The molecular weight excluding hydrogens is 288 g/mol. The Kier molecular flexibility index (Phi) is 6.72. The van der Waals surface area contributed by atoms with Crippen molar-refractivity contribution >= 4 is 23.3 Å². The monoisotopic (exact) mass is 302 g/mol. The molecule has 1 aromatic heterocycles. The van der Waals surface area contributed by atoms with Crippen LogP contribution in [0.4, 0.5) is 5.82 Å². The molecule has 0 fully saturated rings. The number of amides is 1. The van der Waals surface area contributed by atoms with Crippen molar-refractivity contribution in [2.24, 2.45) is 0 Å². The van der Waals surface area contributed by atoms with Crippen LogP contribution in [-0.4, -0.2) is 28.9 Å². The Balaban J connectivity index is 2.87. The van der Waals surface area contributed by atoms with Crippen molar-refractivity contribution in [1.82, 2.24) is 9.88 Å². The predicted octanol–water partition coefficient (Wildman–Crippen LogP) is 2.75. The molecule has 1 amide bonds. The Hall–Kier alpha value is -2.58. The molecule has 6 heteroatoms. The maximum absolute atomic E-state index is 12.2. The first-order valence-corrected chi connectivity index (χ1v) is 6.49. The third kappa shape index (κ3) is 5.13. The van der Waals surface area contributed by atoms with E-state index in [1.165, 1.54) is 17.3 Å². The quantitative estimate of drug-likeness (QED) is 0.478. The Morgan fingerprint density at radius 3 is 2.67 bits per heavy atom. The lowest BCUT2D eigenvalue weighted by Gasteiger charge is -2.18. The second-order valence-corrected chi connectivity index (χ2v) is 4.40. The largest absolute Gasteiger partial charge is 0.345 e. The van der Waals surface area contributed by atoms with E-state index in [0.29, 0.717) is 23.9 Å². The minimum Gasteiger partial charge on any atom is -0.345 e. The van der Waals surface area contributed by atoms with Crippen LogP contribution in [0.15, 0.2) is 55.4 Å².